The van der Waals surface area contributed by atoms with Gasteiger partial charge in [0.15, 0.2) is 0 Å². The van der Waals surface area contributed by atoms with Gasteiger partial charge in [0, 0.05) is 24.5 Å². The second kappa shape index (κ2) is 15.5. The van der Waals surface area contributed by atoms with Crippen molar-refractivity contribution < 1.29 is 9.53 Å². The van der Waals surface area contributed by atoms with Gasteiger partial charge < -0.3 is 10.1 Å². The SMILES string of the molecule is CCCCC/C(=C(/C=C/C(=O)N[C@H](C)CCCc1cccnc1)c1ccccc1)c1ccc(OC)cc1. The monoisotopic (exact) mass is 496 g/mol. The first-order valence-electron chi connectivity index (χ1n) is 13.4. The molecule has 2 aromatic carbocycles. The zero-order valence-corrected chi connectivity index (χ0v) is 22.5. The highest BCUT2D eigenvalue weighted by molar-refractivity contribution is 5.99. The zero-order valence-electron chi connectivity index (χ0n) is 22.5. The van der Waals surface area contributed by atoms with Crippen LogP contribution in [0.4, 0.5) is 0 Å². The molecule has 0 aliphatic heterocycles. The lowest BCUT2D eigenvalue weighted by Gasteiger charge is -2.16. The summed E-state index contributed by atoms with van der Waals surface area (Å²) in [6.07, 6.45) is 14.6. The molecule has 1 N–H and O–H groups in total. The number of aryl methyl sites for hydroxylation is 1. The lowest BCUT2D eigenvalue weighted by molar-refractivity contribution is -0.117. The van der Waals surface area contributed by atoms with Gasteiger partial charge in [-0.05, 0) is 91.1 Å². The number of hydrogen-bond donors (Lipinski definition) is 1. The van der Waals surface area contributed by atoms with Gasteiger partial charge in [0.05, 0.1) is 7.11 Å². The van der Waals surface area contributed by atoms with Crippen LogP contribution in [0.5, 0.6) is 5.75 Å². The number of methoxy groups -OCH3 is 1. The van der Waals surface area contributed by atoms with E-state index in [1.54, 1.807) is 19.4 Å². The minimum absolute atomic E-state index is 0.0649. The van der Waals surface area contributed by atoms with Crippen molar-refractivity contribution in [3.8, 4) is 5.75 Å². The molecule has 0 saturated heterocycles. The van der Waals surface area contributed by atoms with Gasteiger partial charge in [-0.25, -0.2) is 0 Å². The van der Waals surface area contributed by atoms with Crippen LogP contribution >= 0.6 is 0 Å². The first-order valence-corrected chi connectivity index (χ1v) is 13.4. The topological polar surface area (TPSA) is 51.2 Å². The van der Waals surface area contributed by atoms with Crippen LogP contribution in [0.15, 0.2) is 91.3 Å². The third-order valence-electron chi connectivity index (χ3n) is 6.49. The number of aromatic nitrogens is 1. The van der Waals surface area contributed by atoms with E-state index in [-0.39, 0.29) is 11.9 Å². The summed E-state index contributed by atoms with van der Waals surface area (Å²) >= 11 is 0. The van der Waals surface area contributed by atoms with Gasteiger partial charge in [-0.15, -0.1) is 0 Å². The van der Waals surface area contributed by atoms with Crippen LogP contribution in [0.1, 0.15) is 69.1 Å². The molecule has 1 heterocycles. The third kappa shape index (κ3) is 9.38. The number of amides is 1. The Kier molecular flexibility index (Phi) is 11.7. The number of unbranched alkanes of at least 4 members (excludes halogenated alkanes) is 2. The Morgan fingerprint density at radius 3 is 2.41 bits per heavy atom. The number of allylic oxidation sites excluding steroid dienone is 3. The van der Waals surface area contributed by atoms with E-state index in [1.807, 2.05) is 48.7 Å². The van der Waals surface area contributed by atoms with E-state index in [0.717, 1.165) is 61.0 Å². The predicted octanol–water partition coefficient (Wildman–Crippen LogP) is 7.67. The fourth-order valence-corrected chi connectivity index (χ4v) is 4.45. The molecule has 1 atom stereocenters. The lowest BCUT2D eigenvalue weighted by Crippen LogP contribution is -2.31. The maximum atomic E-state index is 12.9. The molecular formula is C33H40N2O2. The summed E-state index contributed by atoms with van der Waals surface area (Å²) in [5.41, 5.74) is 5.83. The van der Waals surface area contributed by atoms with E-state index in [9.17, 15) is 4.79 Å². The molecule has 0 radical (unpaired) electrons. The minimum Gasteiger partial charge on any atom is -0.497 e. The number of rotatable bonds is 14. The number of nitrogens with zero attached hydrogens (tertiary/aromatic N) is 1. The number of nitrogens with one attached hydrogen (secondary N) is 1. The highest BCUT2D eigenvalue weighted by Gasteiger charge is 2.12. The Labute approximate surface area is 222 Å². The molecule has 194 valence electrons. The van der Waals surface area contributed by atoms with E-state index in [1.165, 1.54) is 17.6 Å². The molecule has 0 aliphatic carbocycles. The van der Waals surface area contributed by atoms with E-state index in [2.05, 4.69) is 54.5 Å². The molecule has 37 heavy (non-hydrogen) atoms. The summed E-state index contributed by atoms with van der Waals surface area (Å²) in [7, 11) is 1.68. The van der Waals surface area contributed by atoms with Crippen LogP contribution in [-0.2, 0) is 11.2 Å². The third-order valence-corrected chi connectivity index (χ3v) is 6.49. The van der Waals surface area contributed by atoms with E-state index < -0.39 is 0 Å². The van der Waals surface area contributed by atoms with Crippen LogP contribution in [0.3, 0.4) is 0 Å². The molecule has 3 rings (SSSR count). The molecule has 1 amide bonds. The van der Waals surface area contributed by atoms with E-state index in [4.69, 9.17) is 4.74 Å². The number of carbonyl (C=O) groups is 1. The largest absolute Gasteiger partial charge is 0.497 e. The highest BCUT2D eigenvalue weighted by atomic mass is 16.5. The van der Waals surface area contributed by atoms with Gasteiger partial charge in [0.1, 0.15) is 5.75 Å². The first kappa shape index (κ1) is 27.9. The predicted molar refractivity (Wildman–Crippen MR) is 154 cm³/mol. The van der Waals surface area contributed by atoms with Crippen molar-refractivity contribution in [1.29, 1.82) is 0 Å². The van der Waals surface area contributed by atoms with Crippen molar-refractivity contribution in [3.63, 3.8) is 0 Å². The van der Waals surface area contributed by atoms with Crippen molar-refractivity contribution in [2.45, 2.75) is 64.8 Å². The number of pyridine rings is 1. The quantitative estimate of drug-likeness (QED) is 0.108. The van der Waals surface area contributed by atoms with Gasteiger partial charge in [0.2, 0.25) is 5.91 Å². The Hall–Kier alpha value is -3.66. The molecule has 1 aromatic heterocycles. The summed E-state index contributed by atoms with van der Waals surface area (Å²) < 4.78 is 5.38. The summed E-state index contributed by atoms with van der Waals surface area (Å²) in [5.74, 6) is 0.773. The van der Waals surface area contributed by atoms with Crippen LogP contribution in [0.2, 0.25) is 0 Å². The van der Waals surface area contributed by atoms with E-state index >= 15 is 0 Å². The molecule has 3 aromatic rings. The van der Waals surface area contributed by atoms with Crippen molar-refractivity contribution in [1.82, 2.24) is 10.3 Å². The average molecular weight is 497 g/mol. The number of benzene rings is 2. The van der Waals surface area contributed by atoms with Crippen molar-refractivity contribution in [2.24, 2.45) is 0 Å². The number of carbonyl (C=O) groups excluding carboxylic acids is 1. The average Bonchev–Trinajstić information content (AvgIpc) is 2.93. The fourth-order valence-electron chi connectivity index (χ4n) is 4.45. The molecular weight excluding hydrogens is 456 g/mol. The second-order valence-electron chi connectivity index (χ2n) is 9.44. The normalized spacial score (nSPS) is 12.7. The molecule has 0 saturated carbocycles. The number of ether oxygens (including phenoxy) is 1. The Bertz CT molecular complexity index is 1140. The van der Waals surface area contributed by atoms with Crippen LogP contribution in [0.25, 0.3) is 11.1 Å². The van der Waals surface area contributed by atoms with Crippen LogP contribution in [0, 0.1) is 0 Å². The lowest BCUT2D eigenvalue weighted by atomic mass is 9.90. The van der Waals surface area contributed by atoms with Crippen molar-refractivity contribution in [2.75, 3.05) is 7.11 Å². The molecule has 0 fully saturated rings. The smallest absolute Gasteiger partial charge is 0.244 e. The van der Waals surface area contributed by atoms with Gasteiger partial charge in [-0.3, -0.25) is 9.78 Å². The maximum Gasteiger partial charge on any atom is 0.244 e. The van der Waals surface area contributed by atoms with Crippen LogP contribution in [-0.4, -0.2) is 24.0 Å². The van der Waals surface area contributed by atoms with Gasteiger partial charge in [-0.2, -0.15) is 0 Å². The second-order valence-corrected chi connectivity index (χ2v) is 9.44. The van der Waals surface area contributed by atoms with Crippen LogP contribution < -0.4 is 10.1 Å². The Morgan fingerprint density at radius 2 is 1.73 bits per heavy atom. The molecule has 0 aliphatic rings. The number of hydrogen-bond acceptors (Lipinski definition) is 3. The molecule has 0 unspecified atom stereocenters. The summed E-state index contributed by atoms with van der Waals surface area (Å²) in [4.78, 5) is 17.1. The Balaban J connectivity index is 1.78. The van der Waals surface area contributed by atoms with Crippen molar-refractivity contribution >= 4 is 17.1 Å². The minimum atomic E-state index is -0.0649. The standard InChI is InChI=1S/C33H40N2O2/c1-4-5-7-17-31(29-18-20-30(37-3)21-19-29)32(28-15-8-6-9-16-28)22-23-33(36)35-26(2)12-10-13-27-14-11-24-34-25-27/h6,8-9,11,14-16,18-26H,4-5,7,10,12-13,17H2,1-3H3,(H,35,36)/b23-22+,32-31+/t26-/m1/s1. The molecule has 4 heteroatoms. The van der Waals surface area contributed by atoms with Gasteiger partial charge >= 0.3 is 0 Å². The zero-order chi connectivity index (χ0) is 26.3. The summed E-state index contributed by atoms with van der Waals surface area (Å²) in [6.45, 7) is 4.29. The van der Waals surface area contributed by atoms with Crippen molar-refractivity contribution in [3.05, 3.63) is 108 Å². The summed E-state index contributed by atoms with van der Waals surface area (Å²) in [6, 6.07) is 22.7. The first-order chi connectivity index (χ1) is 18.1. The fraction of sp³-hybridized carbons (Fsp3) is 0.333. The summed E-state index contributed by atoms with van der Waals surface area (Å²) in [5, 5.41) is 3.14. The highest BCUT2D eigenvalue weighted by Crippen LogP contribution is 2.32. The van der Waals surface area contributed by atoms with Gasteiger partial charge in [0.25, 0.3) is 0 Å². The Morgan fingerprint density at radius 1 is 0.946 bits per heavy atom. The molecule has 4 nitrogen and oxygen atoms in total. The maximum absolute atomic E-state index is 12.9. The molecule has 0 spiro atoms. The molecule has 0 bridgehead atoms. The van der Waals surface area contributed by atoms with E-state index in [0.29, 0.717) is 0 Å². The van der Waals surface area contributed by atoms with Gasteiger partial charge in [-0.1, -0.05) is 68.3 Å².